The number of piperazine rings is 1. The Balaban J connectivity index is 1.61. The molecule has 2 heterocycles. The summed E-state index contributed by atoms with van der Waals surface area (Å²) in [5.74, 6) is 0.0286. The summed E-state index contributed by atoms with van der Waals surface area (Å²) in [6, 6.07) is 7.59. The van der Waals surface area contributed by atoms with Gasteiger partial charge in [0.05, 0.1) is 36.8 Å². The average molecular weight is 401 g/mol. The third kappa shape index (κ3) is 3.71. The van der Waals surface area contributed by atoms with Crippen LogP contribution in [0.2, 0.25) is 5.02 Å². The highest BCUT2D eigenvalue weighted by atomic mass is 79.9. The molecule has 116 valence electrons. The Morgan fingerprint density at radius 3 is 2.77 bits per heavy atom. The summed E-state index contributed by atoms with van der Waals surface area (Å²) in [6.45, 7) is 4.56. The standard InChI is InChI=1S/C16H16BrClN2OS/c17-13-1-2-15(18)14(9-13)16(21)20-6-4-19(5-7-20)10-12-3-8-22-11-12/h1-3,8-9,11H,4-7,10H2/p+1. The summed E-state index contributed by atoms with van der Waals surface area (Å²) in [5.41, 5.74) is 1.96. The Kier molecular flexibility index (Phi) is 5.18. The molecule has 1 aromatic carbocycles. The average Bonchev–Trinajstić information content (AvgIpc) is 3.03. The lowest BCUT2D eigenvalue weighted by Crippen LogP contribution is -3.13. The predicted octanol–water partition coefficient (Wildman–Crippen LogP) is 2.70. The van der Waals surface area contributed by atoms with E-state index >= 15 is 0 Å². The minimum atomic E-state index is 0.0286. The number of benzene rings is 1. The number of quaternary nitrogens is 1. The van der Waals surface area contributed by atoms with Gasteiger partial charge in [-0.25, -0.2) is 0 Å². The number of nitrogens with zero attached hydrogens (tertiary/aromatic N) is 1. The predicted molar refractivity (Wildman–Crippen MR) is 93.8 cm³/mol. The zero-order valence-electron chi connectivity index (χ0n) is 12.0. The number of hydrogen-bond donors (Lipinski definition) is 1. The quantitative estimate of drug-likeness (QED) is 0.842. The van der Waals surface area contributed by atoms with Crippen molar-refractivity contribution in [3.8, 4) is 0 Å². The van der Waals surface area contributed by atoms with Gasteiger partial charge in [0.25, 0.3) is 5.91 Å². The Morgan fingerprint density at radius 1 is 1.32 bits per heavy atom. The van der Waals surface area contributed by atoms with Crippen LogP contribution in [0.4, 0.5) is 0 Å². The molecule has 1 N–H and O–H groups in total. The van der Waals surface area contributed by atoms with Crippen molar-refractivity contribution in [2.24, 2.45) is 0 Å². The molecule has 0 unspecified atom stereocenters. The monoisotopic (exact) mass is 399 g/mol. The molecule has 0 spiro atoms. The molecule has 0 saturated carbocycles. The van der Waals surface area contributed by atoms with Crippen LogP contribution in [-0.4, -0.2) is 37.0 Å². The number of carbonyl (C=O) groups is 1. The second-order valence-corrected chi connectivity index (χ2v) is 7.58. The number of halogens is 2. The minimum Gasteiger partial charge on any atom is -0.328 e. The van der Waals surface area contributed by atoms with Gasteiger partial charge in [0.15, 0.2) is 0 Å². The van der Waals surface area contributed by atoms with Crippen LogP contribution in [-0.2, 0) is 6.54 Å². The maximum absolute atomic E-state index is 12.6. The molecule has 2 aromatic rings. The zero-order valence-corrected chi connectivity index (χ0v) is 15.2. The molecule has 0 atom stereocenters. The highest BCUT2D eigenvalue weighted by Crippen LogP contribution is 2.22. The van der Waals surface area contributed by atoms with Crippen molar-refractivity contribution in [1.29, 1.82) is 0 Å². The van der Waals surface area contributed by atoms with Gasteiger partial charge in [0.2, 0.25) is 0 Å². The zero-order chi connectivity index (χ0) is 15.5. The Labute approximate surface area is 147 Å². The fourth-order valence-electron chi connectivity index (χ4n) is 2.72. The van der Waals surface area contributed by atoms with E-state index in [9.17, 15) is 4.79 Å². The number of carbonyl (C=O) groups excluding carboxylic acids is 1. The summed E-state index contributed by atoms with van der Waals surface area (Å²) in [5, 5.41) is 4.83. The SMILES string of the molecule is O=C(c1cc(Br)ccc1Cl)N1CC[NH+](Cc2ccsc2)CC1. The number of thiophene rings is 1. The van der Waals surface area contributed by atoms with Crippen molar-refractivity contribution >= 4 is 44.8 Å². The van der Waals surface area contributed by atoms with E-state index in [1.54, 1.807) is 23.5 Å². The third-order valence-electron chi connectivity index (χ3n) is 3.95. The highest BCUT2D eigenvalue weighted by molar-refractivity contribution is 9.10. The first-order valence-corrected chi connectivity index (χ1v) is 9.34. The van der Waals surface area contributed by atoms with Gasteiger partial charge in [-0.2, -0.15) is 11.3 Å². The maximum Gasteiger partial charge on any atom is 0.255 e. The smallest absolute Gasteiger partial charge is 0.255 e. The van der Waals surface area contributed by atoms with Crippen LogP contribution < -0.4 is 4.90 Å². The van der Waals surface area contributed by atoms with Crippen molar-refractivity contribution in [2.75, 3.05) is 26.2 Å². The largest absolute Gasteiger partial charge is 0.328 e. The molecule has 1 aliphatic rings. The van der Waals surface area contributed by atoms with Crippen LogP contribution in [0.15, 0.2) is 39.5 Å². The fraction of sp³-hybridized carbons (Fsp3) is 0.312. The minimum absolute atomic E-state index is 0.0286. The van der Waals surface area contributed by atoms with Crippen molar-refractivity contribution < 1.29 is 9.69 Å². The van der Waals surface area contributed by atoms with Gasteiger partial charge in [-0.15, -0.1) is 0 Å². The van der Waals surface area contributed by atoms with Crippen molar-refractivity contribution in [3.63, 3.8) is 0 Å². The molecule has 3 nitrogen and oxygen atoms in total. The van der Waals surface area contributed by atoms with Crippen LogP contribution in [0.5, 0.6) is 0 Å². The lowest BCUT2D eigenvalue weighted by molar-refractivity contribution is -0.917. The lowest BCUT2D eigenvalue weighted by Gasteiger charge is -2.32. The molecular formula is C16H17BrClN2OS+. The first-order chi connectivity index (χ1) is 10.6. The van der Waals surface area contributed by atoms with E-state index in [0.717, 1.165) is 37.2 Å². The maximum atomic E-state index is 12.6. The fourth-order valence-corrected chi connectivity index (χ4v) is 3.94. The van der Waals surface area contributed by atoms with E-state index in [0.29, 0.717) is 10.6 Å². The molecule has 3 rings (SSSR count). The molecular weight excluding hydrogens is 384 g/mol. The van der Waals surface area contributed by atoms with E-state index in [-0.39, 0.29) is 5.91 Å². The van der Waals surface area contributed by atoms with Crippen LogP contribution in [0, 0.1) is 0 Å². The summed E-state index contributed by atoms with van der Waals surface area (Å²) in [6.07, 6.45) is 0. The third-order valence-corrected chi connectivity index (χ3v) is 5.51. The number of nitrogens with one attached hydrogen (secondary N) is 1. The molecule has 0 bridgehead atoms. The lowest BCUT2D eigenvalue weighted by atomic mass is 10.1. The second kappa shape index (κ2) is 7.13. The normalized spacial score (nSPS) is 16.0. The van der Waals surface area contributed by atoms with E-state index < -0.39 is 0 Å². The molecule has 6 heteroatoms. The Hall–Kier alpha value is -0.880. The first kappa shape index (κ1) is 16.0. The van der Waals surface area contributed by atoms with Crippen LogP contribution in [0.25, 0.3) is 0 Å². The molecule has 0 radical (unpaired) electrons. The van der Waals surface area contributed by atoms with E-state index in [2.05, 4.69) is 32.8 Å². The Bertz CT molecular complexity index is 654. The topological polar surface area (TPSA) is 24.8 Å². The van der Waals surface area contributed by atoms with Gasteiger partial charge in [-0.1, -0.05) is 27.5 Å². The summed E-state index contributed by atoms with van der Waals surface area (Å²) in [4.78, 5) is 16.0. The van der Waals surface area contributed by atoms with Gasteiger partial charge in [0.1, 0.15) is 6.54 Å². The van der Waals surface area contributed by atoms with Crippen LogP contribution in [0.3, 0.4) is 0 Å². The van der Waals surface area contributed by atoms with E-state index in [1.165, 1.54) is 10.5 Å². The second-order valence-electron chi connectivity index (χ2n) is 5.47. The van der Waals surface area contributed by atoms with Crippen molar-refractivity contribution in [3.05, 3.63) is 55.6 Å². The molecule has 1 amide bonds. The van der Waals surface area contributed by atoms with Gasteiger partial charge < -0.3 is 9.80 Å². The van der Waals surface area contributed by atoms with E-state index in [1.807, 2.05) is 11.0 Å². The molecule has 22 heavy (non-hydrogen) atoms. The summed E-state index contributed by atoms with van der Waals surface area (Å²) < 4.78 is 0.877. The first-order valence-electron chi connectivity index (χ1n) is 7.22. The molecule has 1 aliphatic heterocycles. The van der Waals surface area contributed by atoms with Gasteiger partial charge in [0, 0.05) is 10.0 Å². The molecule has 0 aliphatic carbocycles. The molecule has 1 aromatic heterocycles. The Morgan fingerprint density at radius 2 is 2.09 bits per heavy atom. The van der Waals surface area contributed by atoms with Crippen molar-refractivity contribution in [1.82, 2.24) is 4.90 Å². The van der Waals surface area contributed by atoms with Crippen LogP contribution in [0.1, 0.15) is 15.9 Å². The summed E-state index contributed by atoms with van der Waals surface area (Å²) >= 11 is 11.3. The highest BCUT2D eigenvalue weighted by Gasteiger charge is 2.25. The summed E-state index contributed by atoms with van der Waals surface area (Å²) in [7, 11) is 0. The van der Waals surface area contributed by atoms with Gasteiger partial charge in [-0.05, 0) is 35.0 Å². The van der Waals surface area contributed by atoms with Gasteiger partial charge in [-0.3, -0.25) is 4.79 Å². The van der Waals surface area contributed by atoms with Crippen molar-refractivity contribution in [2.45, 2.75) is 6.54 Å². The van der Waals surface area contributed by atoms with Crippen LogP contribution >= 0.6 is 38.9 Å². The number of amides is 1. The number of rotatable bonds is 3. The number of hydrogen-bond acceptors (Lipinski definition) is 2. The van der Waals surface area contributed by atoms with Gasteiger partial charge >= 0.3 is 0 Å². The van der Waals surface area contributed by atoms with E-state index in [4.69, 9.17) is 11.6 Å². The molecule has 1 saturated heterocycles. The molecule has 1 fully saturated rings.